The highest BCUT2D eigenvalue weighted by Gasteiger charge is 2.60. The van der Waals surface area contributed by atoms with Crippen LogP contribution < -0.4 is 0 Å². The van der Waals surface area contributed by atoms with Gasteiger partial charge in [-0.25, -0.2) is 0 Å². The smallest absolute Gasteiger partial charge is 0.169 e. The van der Waals surface area contributed by atoms with Crippen molar-refractivity contribution in [3.8, 4) is 0 Å². The summed E-state index contributed by atoms with van der Waals surface area (Å²) >= 11 is 0. The lowest BCUT2D eigenvalue weighted by atomic mass is 9.85. The lowest BCUT2D eigenvalue weighted by Crippen LogP contribution is -2.30. The summed E-state index contributed by atoms with van der Waals surface area (Å²) in [7, 11) is 1.74. The topological polar surface area (TPSA) is 26.3 Å². The van der Waals surface area contributed by atoms with E-state index in [0.29, 0.717) is 0 Å². The van der Waals surface area contributed by atoms with E-state index in [-0.39, 0.29) is 22.7 Å². The predicted octanol–water partition coefficient (Wildman–Crippen LogP) is 3.16. The summed E-state index contributed by atoms with van der Waals surface area (Å²) in [5, 5.41) is 0. The molecule has 17 heavy (non-hydrogen) atoms. The number of benzene rings is 1. The molecular formula is C15H18O2. The van der Waals surface area contributed by atoms with E-state index in [1.165, 1.54) is 0 Å². The fraction of sp³-hybridized carbons (Fsp3) is 0.533. The Balaban J connectivity index is 2.21. The van der Waals surface area contributed by atoms with Gasteiger partial charge >= 0.3 is 0 Å². The molecule has 0 aliphatic heterocycles. The first kappa shape index (κ1) is 11.0. The lowest BCUT2D eigenvalue weighted by molar-refractivity contribution is -0.0352. The van der Waals surface area contributed by atoms with Gasteiger partial charge in [0.25, 0.3) is 0 Å². The van der Waals surface area contributed by atoms with Crippen LogP contribution in [-0.4, -0.2) is 12.9 Å². The van der Waals surface area contributed by atoms with Crippen LogP contribution in [0.4, 0.5) is 0 Å². The van der Waals surface area contributed by atoms with Gasteiger partial charge in [-0.15, -0.1) is 0 Å². The molecule has 2 nitrogen and oxygen atoms in total. The molecule has 2 aliphatic rings. The second kappa shape index (κ2) is 3.20. The zero-order valence-electron chi connectivity index (χ0n) is 10.6. The third-order valence-electron chi connectivity index (χ3n) is 4.39. The number of ether oxygens (including phenoxy) is 1. The highest BCUT2D eigenvalue weighted by Crippen LogP contribution is 2.59. The first-order chi connectivity index (χ1) is 8.00. The zero-order valence-corrected chi connectivity index (χ0v) is 10.6. The van der Waals surface area contributed by atoms with Crippen LogP contribution >= 0.6 is 0 Å². The fourth-order valence-electron chi connectivity index (χ4n) is 3.79. The van der Waals surface area contributed by atoms with Gasteiger partial charge in [0.15, 0.2) is 5.78 Å². The zero-order chi connectivity index (χ0) is 12.3. The molecule has 0 N–H and O–H groups in total. The Morgan fingerprint density at radius 2 is 2.00 bits per heavy atom. The van der Waals surface area contributed by atoms with E-state index in [1.807, 2.05) is 18.2 Å². The molecule has 2 aliphatic carbocycles. The summed E-state index contributed by atoms with van der Waals surface area (Å²) in [5.41, 5.74) is 1.79. The van der Waals surface area contributed by atoms with Crippen molar-refractivity contribution in [1.29, 1.82) is 0 Å². The Kier molecular flexibility index (Phi) is 2.06. The van der Waals surface area contributed by atoms with Crippen molar-refractivity contribution in [2.45, 2.75) is 32.3 Å². The van der Waals surface area contributed by atoms with Gasteiger partial charge in [-0.1, -0.05) is 38.1 Å². The maximum atomic E-state index is 12.5. The van der Waals surface area contributed by atoms with Gasteiger partial charge in [0.1, 0.15) is 5.60 Å². The first-order valence-electron chi connectivity index (χ1n) is 6.19. The minimum Gasteiger partial charge on any atom is -0.373 e. The van der Waals surface area contributed by atoms with E-state index in [1.54, 1.807) is 7.11 Å². The number of methoxy groups -OCH3 is 1. The van der Waals surface area contributed by atoms with E-state index < -0.39 is 0 Å². The maximum Gasteiger partial charge on any atom is 0.169 e. The molecule has 90 valence electrons. The monoisotopic (exact) mass is 230 g/mol. The Labute approximate surface area is 102 Å². The molecule has 1 aromatic rings. The van der Waals surface area contributed by atoms with Gasteiger partial charge in [-0.2, -0.15) is 0 Å². The number of carbonyl (C=O) groups is 1. The third-order valence-corrected chi connectivity index (χ3v) is 4.39. The fourth-order valence-corrected chi connectivity index (χ4v) is 3.79. The SMILES string of the molecule is COC12CC(C)(C)CC1C(=O)c1ccccc12. The minimum absolute atomic E-state index is 0.0138. The Morgan fingerprint density at radius 1 is 1.29 bits per heavy atom. The van der Waals surface area contributed by atoms with Gasteiger partial charge in [0, 0.05) is 12.7 Å². The first-order valence-corrected chi connectivity index (χ1v) is 6.19. The molecule has 1 aromatic carbocycles. The molecule has 0 bridgehead atoms. The van der Waals surface area contributed by atoms with Crippen molar-refractivity contribution < 1.29 is 9.53 Å². The van der Waals surface area contributed by atoms with E-state index in [9.17, 15) is 4.79 Å². The summed E-state index contributed by atoms with van der Waals surface area (Å²) < 4.78 is 5.83. The summed E-state index contributed by atoms with van der Waals surface area (Å²) in [4.78, 5) is 12.5. The van der Waals surface area contributed by atoms with Crippen LogP contribution in [0, 0.1) is 11.3 Å². The molecule has 2 unspecified atom stereocenters. The van der Waals surface area contributed by atoms with Gasteiger partial charge < -0.3 is 4.74 Å². The van der Waals surface area contributed by atoms with Crippen molar-refractivity contribution in [2.24, 2.45) is 11.3 Å². The quantitative estimate of drug-likeness (QED) is 0.740. The van der Waals surface area contributed by atoms with Crippen LogP contribution in [0.1, 0.15) is 42.6 Å². The Hall–Kier alpha value is -1.15. The summed E-state index contributed by atoms with van der Waals surface area (Å²) in [6.45, 7) is 4.45. The molecule has 2 heteroatoms. The molecule has 3 rings (SSSR count). The molecule has 0 amide bonds. The Morgan fingerprint density at radius 3 is 2.71 bits per heavy atom. The van der Waals surface area contributed by atoms with Gasteiger partial charge in [-0.05, 0) is 23.8 Å². The molecule has 0 saturated heterocycles. The molecule has 0 radical (unpaired) electrons. The summed E-state index contributed by atoms with van der Waals surface area (Å²) in [5.74, 6) is 0.285. The van der Waals surface area contributed by atoms with Crippen molar-refractivity contribution in [3.05, 3.63) is 35.4 Å². The molecule has 0 aromatic heterocycles. The predicted molar refractivity (Wildman–Crippen MR) is 66.0 cm³/mol. The highest BCUT2D eigenvalue weighted by atomic mass is 16.5. The molecule has 1 saturated carbocycles. The molecule has 0 heterocycles. The number of Topliss-reactive ketones (excluding diaryl/α,β-unsaturated/α-hetero) is 1. The number of rotatable bonds is 1. The van der Waals surface area contributed by atoms with Crippen LogP contribution in [0.25, 0.3) is 0 Å². The van der Waals surface area contributed by atoms with Crippen molar-refractivity contribution >= 4 is 5.78 Å². The third kappa shape index (κ3) is 1.28. The average molecular weight is 230 g/mol. The van der Waals surface area contributed by atoms with E-state index >= 15 is 0 Å². The molecule has 2 atom stereocenters. The number of hydrogen-bond donors (Lipinski definition) is 0. The maximum absolute atomic E-state index is 12.5. The van der Waals surface area contributed by atoms with Crippen molar-refractivity contribution in [2.75, 3.05) is 7.11 Å². The summed E-state index contributed by atoms with van der Waals surface area (Å²) in [6.07, 6.45) is 1.86. The van der Waals surface area contributed by atoms with Crippen LogP contribution in [0.2, 0.25) is 0 Å². The van der Waals surface area contributed by atoms with Crippen LogP contribution in [0.3, 0.4) is 0 Å². The van der Waals surface area contributed by atoms with Gasteiger partial charge in [-0.3, -0.25) is 4.79 Å². The van der Waals surface area contributed by atoms with Crippen molar-refractivity contribution in [1.82, 2.24) is 0 Å². The highest BCUT2D eigenvalue weighted by molar-refractivity contribution is 6.04. The second-order valence-electron chi connectivity index (χ2n) is 6.10. The van der Waals surface area contributed by atoms with Crippen LogP contribution in [-0.2, 0) is 10.3 Å². The molecular weight excluding hydrogens is 212 g/mol. The van der Waals surface area contributed by atoms with E-state index in [2.05, 4.69) is 19.9 Å². The van der Waals surface area contributed by atoms with Gasteiger partial charge in [0.2, 0.25) is 0 Å². The van der Waals surface area contributed by atoms with E-state index in [0.717, 1.165) is 24.0 Å². The van der Waals surface area contributed by atoms with Crippen LogP contribution in [0.15, 0.2) is 24.3 Å². The number of fused-ring (bicyclic) bond motifs is 3. The average Bonchev–Trinajstić information content (AvgIpc) is 2.70. The molecule has 1 fully saturated rings. The standard InChI is InChI=1S/C15H18O2/c1-14(2)8-12-13(16)10-6-4-5-7-11(10)15(12,9-14)17-3/h4-7,12H,8-9H2,1-3H3. The largest absolute Gasteiger partial charge is 0.373 e. The minimum atomic E-state index is -0.364. The van der Waals surface area contributed by atoms with E-state index in [4.69, 9.17) is 4.74 Å². The van der Waals surface area contributed by atoms with Crippen LogP contribution in [0.5, 0.6) is 0 Å². The van der Waals surface area contributed by atoms with Gasteiger partial charge in [0.05, 0.1) is 5.92 Å². The number of carbonyl (C=O) groups excluding carboxylic acids is 1. The Bertz CT molecular complexity index is 489. The lowest BCUT2D eigenvalue weighted by Gasteiger charge is -2.29. The van der Waals surface area contributed by atoms with Crippen molar-refractivity contribution in [3.63, 3.8) is 0 Å². The summed E-state index contributed by atoms with van der Waals surface area (Å²) in [6, 6.07) is 7.93. The molecule has 0 spiro atoms. The number of ketones is 1. The number of hydrogen-bond acceptors (Lipinski definition) is 2. The normalized spacial score (nSPS) is 33.6. The second-order valence-corrected chi connectivity index (χ2v) is 6.10.